The molecule has 0 bridgehead atoms. The monoisotopic (exact) mass is 502 g/mol. The number of nitrogens with zero attached hydrogens (tertiary/aromatic N) is 4. The van der Waals surface area contributed by atoms with Crippen molar-refractivity contribution in [3.05, 3.63) is 86.5 Å². The molecule has 1 aliphatic heterocycles. The van der Waals surface area contributed by atoms with Crippen molar-refractivity contribution in [2.45, 2.75) is 50.8 Å². The highest BCUT2D eigenvalue weighted by molar-refractivity contribution is 7.98. The van der Waals surface area contributed by atoms with Gasteiger partial charge in [-0.25, -0.2) is 8.97 Å². The second-order valence-electron chi connectivity index (χ2n) is 9.35. The maximum absolute atomic E-state index is 14.1. The van der Waals surface area contributed by atoms with Crippen LogP contribution in [0, 0.1) is 12.8 Å². The van der Waals surface area contributed by atoms with E-state index in [-0.39, 0.29) is 11.7 Å². The molecular formula is C27H26N4O2S2. The lowest BCUT2D eigenvalue weighted by Crippen LogP contribution is -2.28. The summed E-state index contributed by atoms with van der Waals surface area (Å²) in [6.45, 7) is 6.92. The number of aromatic nitrogens is 4. The minimum absolute atomic E-state index is 0.0352. The van der Waals surface area contributed by atoms with Crippen molar-refractivity contribution in [1.29, 1.82) is 0 Å². The molecule has 0 spiro atoms. The first kappa shape index (κ1) is 22.5. The van der Waals surface area contributed by atoms with E-state index in [1.165, 1.54) is 5.56 Å². The fourth-order valence-electron chi connectivity index (χ4n) is 4.68. The maximum atomic E-state index is 14.1. The summed E-state index contributed by atoms with van der Waals surface area (Å²) in [5.41, 5.74) is 4.20. The van der Waals surface area contributed by atoms with E-state index in [0.717, 1.165) is 49.2 Å². The third-order valence-corrected chi connectivity index (χ3v) is 8.75. The number of thioether (sulfide) groups is 1. The van der Waals surface area contributed by atoms with Crippen molar-refractivity contribution in [3.63, 3.8) is 0 Å². The topological polar surface area (TPSA) is 61.4 Å². The maximum Gasteiger partial charge on any atom is 0.268 e. The van der Waals surface area contributed by atoms with Gasteiger partial charge in [-0.1, -0.05) is 68.1 Å². The molecule has 0 fully saturated rings. The minimum atomic E-state index is -0.0352. The van der Waals surface area contributed by atoms with E-state index in [4.69, 9.17) is 4.74 Å². The van der Waals surface area contributed by atoms with E-state index in [2.05, 4.69) is 40.6 Å². The number of benzene rings is 2. The first-order chi connectivity index (χ1) is 17.0. The van der Waals surface area contributed by atoms with Crippen LogP contribution in [0.4, 0.5) is 0 Å². The van der Waals surface area contributed by atoms with E-state index in [0.29, 0.717) is 18.3 Å². The van der Waals surface area contributed by atoms with Crippen LogP contribution in [0.25, 0.3) is 21.7 Å². The number of rotatable bonds is 5. The Morgan fingerprint density at radius 3 is 2.74 bits per heavy atom. The molecule has 1 atom stereocenters. The molecule has 0 N–H and O–H groups in total. The SMILES string of the molecule is Cc1cccc(-n2c(=O)c3c4c(sc3n3c(SCc5ccccc5)nnc23)COC(C(C)C)C4)c1. The van der Waals surface area contributed by atoms with E-state index in [1.54, 1.807) is 27.7 Å². The van der Waals surface area contributed by atoms with Crippen molar-refractivity contribution in [1.82, 2.24) is 19.2 Å². The van der Waals surface area contributed by atoms with Gasteiger partial charge in [-0.2, -0.15) is 0 Å². The van der Waals surface area contributed by atoms with E-state index >= 15 is 0 Å². The van der Waals surface area contributed by atoms with Gasteiger partial charge >= 0.3 is 0 Å². The molecule has 8 heteroatoms. The highest BCUT2D eigenvalue weighted by Crippen LogP contribution is 2.38. The Morgan fingerprint density at radius 2 is 1.97 bits per heavy atom. The fourth-order valence-corrected chi connectivity index (χ4v) is 6.87. The summed E-state index contributed by atoms with van der Waals surface area (Å²) in [5.74, 6) is 1.70. The average Bonchev–Trinajstić information content (AvgIpc) is 3.44. The molecule has 1 unspecified atom stereocenters. The third kappa shape index (κ3) is 3.90. The van der Waals surface area contributed by atoms with Crippen LogP contribution in [0.15, 0.2) is 64.5 Å². The van der Waals surface area contributed by atoms with Crippen LogP contribution in [0.2, 0.25) is 0 Å². The predicted octanol–water partition coefficient (Wildman–Crippen LogP) is 5.79. The summed E-state index contributed by atoms with van der Waals surface area (Å²) in [5, 5.41) is 10.6. The second kappa shape index (κ2) is 8.93. The average molecular weight is 503 g/mol. The van der Waals surface area contributed by atoms with E-state index < -0.39 is 0 Å². The number of hydrogen-bond donors (Lipinski definition) is 0. The normalized spacial score (nSPS) is 15.8. The summed E-state index contributed by atoms with van der Waals surface area (Å²) < 4.78 is 9.94. The van der Waals surface area contributed by atoms with Crippen molar-refractivity contribution in [2.24, 2.45) is 5.92 Å². The zero-order chi connectivity index (χ0) is 24.1. The zero-order valence-corrected chi connectivity index (χ0v) is 21.5. The Morgan fingerprint density at radius 1 is 1.14 bits per heavy atom. The third-order valence-electron chi connectivity index (χ3n) is 6.56. The summed E-state index contributed by atoms with van der Waals surface area (Å²) in [6, 6.07) is 18.3. The summed E-state index contributed by atoms with van der Waals surface area (Å²) in [6.07, 6.45) is 0.853. The smallest absolute Gasteiger partial charge is 0.268 e. The lowest BCUT2D eigenvalue weighted by atomic mass is 9.96. The van der Waals surface area contributed by atoms with Gasteiger partial charge in [0.25, 0.3) is 5.56 Å². The fraction of sp³-hybridized carbons (Fsp3) is 0.296. The van der Waals surface area contributed by atoms with Crippen LogP contribution in [0.3, 0.4) is 0 Å². The van der Waals surface area contributed by atoms with Gasteiger partial charge in [0.05, 0.1) is 23.8 Å². The molecule has 0 amide bonds. The Kier molecular flexibility index (Phi) is 5.75. The van der Waals surface area contributed by atoms with Crippen molar-refractivity contribution in [2.75, 3.05) is 0 Å². The van der Waals surface area contributed by atoms with Gasteiger partial charge in [0.1, 0.15) is 4.83 Å². The van der Waals surface area contributed by atoms with Crippen molar-refractivity contribution in [3.8, 4) is 5.69 Å². The standard InChI is InChI=1S/C27H26N4O2S2/c1-16(2)21-13-20-22(14-33-21)35-25-23(20)24(32)30(19-11-7-8-17(3)12-19)26-28-29-27(31(25)26)34-15-18-9-5-4-6-10-18/h4-12,16,21H,13-15H2,1-3H3. The molecule has 35 heavy (non-hydrogen) atoms. The van der Waals surface area contributed by atoms with Crippen LogP contribution in [-0.2, 0) is 23.5 Å². The van der Waals surface area contributed by atoms with Gasteiger partial charge in [0.15, 0.2) is 5.16 Å². The Bertz CT molecular complexity index is 1600. The van der Waals surface area contributed by atoms with Crippen molar-refractivity contribution >= 4 is 39.1 Å². The molecular weight excluding hydrogens is 476 g/mol. The number of ether oxygens (including phenoxy) is 1. The lowest BCUT2D eigenvalue weighted by molar-refractivity contribution is 0.00200. The van der Waals surface area contributed by atoms with Gasteiger partial charge < -0.3 is 4.74 Å². The van der Waals surface area contributed by atoms with Gasteiger partial charge in [-0.05, 0) is 41.7 Å². The minimum Gasteiger partial charge on any atom is -0.372 e. The molecule has 0 saturated heterocycles. The molecule has 3 aromatic heterocycles. The molecule has 6 rings (SSSR count). The molecule has 0 saturated carbocycles. The molecule has 5 aromatic rings. The van der Waals surface area contributed by atoms with Gasteiger partial charge in [0, 0.05) is 17.1 Å². The van der Waals surface area contributed by atoms with E-state index in [1.807, 2.05) is 49.4 Å². The van der Waals surface area contributed by atoms with Gasteiger partial charge in [-0.15, -0.1) is 21.5 Å². The highest BCUT2D eigenvalue weighted by atomic mass is 32.2. The van der Waals surface area contributed by atoms with Gasteiger partial charge in [0.2, 0.25) is 5.78 Å². The van der Waals surface area contributed by atoms with Crippen LogP contribution < -0.4 is 5.56 Å². The number of fused-ring (bicyclic) bond motifs is 5. The predicted molar refractivity (Wildman–Crippen MR) is 142 cm³/mol. The summed E-state index contributed by atoms with van der Waals surface area (Å²) in [4.78, 5) is 16.1. The number of hydrogen-bond acceptors (Lipinski definition) is 6. The quantitative estimate of drug-likeness (QED) is 0.285. The zero-order valence-electron chi connectivity index (χ0n) is 19.9. The molecule has 6 nitrogen and oxygen atoms in total. The molecule has 0 radical (unpaired) electrons. The Hall–Kier alpha value is -2.94. The summed E-state index contributed by atoms with van der Waals surface area (Å²) >= 11 is 3.27. The number of aryl methyl sites for hydroxylation is 1. The van der Waals surface area contributed by atoms with Crippen LogP contribution in [0.5, 0.6) is 0 Å². The molecule has 4 heterocycles. The van der Waals surface area contributed by atoms with Crippen LogP contribution in [0.1, 0.15) is 35.4 Å². The van der Waals surface area contributed by atoms with Crippen LogP contribution in [-0.4, -0.2) is 25.3 Å². The second-order valence-corrected chi connectivity index (χ2v) is 11.4. The van der Waals surface area contributed by atoms with Crippen molar-refractivity contribution < 1.29 is 4.74 Å². The molecule has 2 aromatic carbocycles. The Balaban J connectivity index is 1.60. The number of thiophene rings is 1. The van der Waals surface area contributed by atoms with E-state index in [9.17, 15) is 4.79 Å². The lowest BCUT2D eigenvalue weighted by Gasteiger charge is -2.26. The van der Waals surface area contributed by atoms with Crippen LogP contribution >= 0.6 is 23.1 Å². The first-order valence-corrected chi connectivity index (χ1v) is 13.6. The first-order valence-electron chi connectivity index (χ1n) is 11.8. The van der Waals surface area contributed by atoms with Gasteiger partial charge in [-0.3, -0.25) is 4.79 Å². The largest absolute Gasteiger partial charge is 0.372 e. The molecule has 1 aliphatic rings. The molecule has 178 valence electrons. The Labute approximate surface area is 211 Å². The highest BCUT2D eigenvalue weighted by Gasteiger charge is 2.30. The summed E-state index contributed by atoms with van der Waals surface area (Å²) in [7, 11) is 0. The molecule has 0 aliphatic carbocycles.